The number of methoxy groups -OCH3 is 1. The average molecular weight is 1240 g/mol. The van der Waals surface area contributed by atoms with Gasteiger partial charge >= 0.3 is 18.0 Å². The molecule has 2 aromatic carbocycles. The van der Waals surface area contributed by atoms with E-state index in [1.54, 1.807) is 62.1 Å². The minimum absolute atomic E-state index is 0.0224. The highest BCUT2D eigenvalue weighted by Gasteiger charge is 2.71. The third kappa shape index (κ3) is 15.9. The van der Waals surface area contributed by atoms with Crippen LogP contribution in [0.3, 0.4) is 0 Å². The second kappa shape index (κ2) is 26.7. The molecular weight excluding hydrogens is 1140 g/mol. The number of Topliss-reactive ketones (excluding diaryl/α,β-unsaturated/α-hetero) is 1. The van der Waals surface area contributed by atoms with E-state index in [9.17, 15) is 55.2 Å². The topological polar surface area (TPSA) is 331 Å². The largest absolute Gasteiger partial charge is 0.467 e. The van der Waals surface area contributed by atoms with Crippen LogP contribution in [0.15, 0.2) is 70.5 Å². The minimum Gasteiger partial charge on any atom is -0.467 e. The Labute approximate surface area is 508 Å². The number of fused-ring (bicyclic) bond motifs is 2. The number of esters is 1. The molecule has 0 spiro atoms. The van der Waals surface area contributed by atoms with Gasteiger partial charge in [-0.1, -0.05) is 153 Å². The summed E-state index contributed by atoms with van der Waals surface area (Å²) >= 11 is 0. The van der Waals surface area contributed by atoms with Gasteiger partial charge in [0.05, 0.1) is 22.9 Å². The minimum atomic E-state index is -3.81. The summed E-state index contributed by atoms with van der Waals surface area (Å²) in [7, 11) is -6.24. The quantitative estimate of drug-likeness (QED) is 0.0570. The van der Waals surface area contributed by atoms with Gasteiger partial charge in [-0.05, 0) is 87.9 Å². The zero-order chi connectivity index (χ0) is 64.4. The molecule has 2 aromatic rings. The van der Waals surface area contributed by atoms with Gasteiger partial charge in [0.25, 0.3) is 5.91 Å². The fourth-order valence-electron chi connectivity index (χ4n) is 12.4. The van der Waals surface area contributed by atoms with Crippen LogP contribution >= 0.6 is 0 Å². The second-order valence-corrected chi connectivity index (χ2v) is 31.5. The summed E-state index contributed by atoms with van der Waals surface area (Å²) in [4.78, 5) is 109. The Bertz CT molecular complexity index is 3050. The lowest BCUT2D eigenvalue weighted by molar-refractivity contribution is -0.154. The van der Waals surface area contributed by atoms with Crippen LogP contribution in [0.25, 0.3) is 0 Å². The van der Waals surface area contributed by atoms with Crippen molar-refractivity contribution in [2.75, 3.05) is 33.3 Å². The molecule has 1 unspecified atom stereocenters. The molecule has 2 heterocycles. The Hall–Kier alpha value is -6.18. The van der Waals surface area contributed by atoms with Crippen LogP contribution < -0.4 is 41.8 Å². The molecule has 5 aliphatic rings. The number of ketones is 1. The van der Waals surface area contributed by atoms with Gasteiger partial charge < -0.3 is 46.9 Å². The number of carbonyl (C=O) groups excluding carboxylic acids is 8. The van der Waals surface area contributed by atoms with Crippen LogP contribution in [-0.2, 0) is 53.6 Å². The fourth-order valence-corrected chi connectivity index (χ4v) is 14.6. The van der Waals surface area contributed by atoms with E-state index in [0.717, 1.165) is 19.3 Å². The van der Waals surface area contributed by atoms with Gasteiger partial charge in [-0.25, -0.2) is 40.7 Å². The molecule has 8 amide bonds. The number of piperidine rings is 2. The van der Waals surface area contributed by atoms with Crippen molar-refractivity contribution in [2.24, 2.45) is 68.8 Å². The lowest BCUT2D eigenvalue weighted by Crippen LogP contribution is -2.62. The summed E-state index contributed by atoms with van der Waals surface area (Å²) in [6.07, 6.45) is 3.15. The molecule has 9 N–H and O–H groups in total. The molecule has 2 aliphatic heterocycles. The Morgan fingerprint density at radius 2 is 0.988 bits per heavy atom. The molecule has 25 heteroatoms. The maximum absolute atomic E-state index is 14.3. The predicted octanol–water partition coefficient (Wildman–Crippen LogP) is 4.28. The highest BCUT2D eigenvalue weighted by Crippen LogP contribution is 2.66. The number of nitrogens with two attached hydrogens (primary N) is 1. The highest BCUT2D eigenvalue weighted by molar-refractivity contribution is 7.89. The molecule has 3 aliphatic carbocycles. The molecule has 0 radical (unpaired) electrons. The van der Waals surface area contributed by atoms with Gasteiger partial charge in [0.2, 0.25) is 43.6 Å². The molecule has 23 nitrogen and oxygen atoms in total. The number of urea groups is 2. The third-order valence-corrected chi connectivity index (χ3v) is 21.4. The molecule has 11 atom stereocenters. The van der Waals surface area contributed by atoms with Crippen LogP contribution in [-0.4, -0.2) is 150 Å². The Morgan fingerprint density at radius 1 is 0.605 bits per heavy atom. The number of nitrogens with zero attached hydrogens (tertiary/aromatic N) is 2. The normalized spacial score (nSPS) is 23.7. The number of ether oxygens (including phenoxy) is 1. The van der Waals surface area contributed by atoms with Gasteiger partial charge in [-0.2, -0.15) is 0 Å². The number of sulfonamides is 2. The first-order valence-corrected chi connectivity index (χ1v) is 32.8. The van der Waals surface area contributed by atoms with Crippen LogP contribution in [0.2, 0.25) is 0 Å². The van der Waals surface area contributed by atoms with E-state index >= 15 is 0 Å². The number of amides is 8. The number of rotatable bonds is 23. The lowest BCUT2D eigenvalue weighted by Gasteiger charge is -2.38. The molecule has 2 saturated heterocycles. The zero-order valence-electron chi connectivity index (χ0n) is 52.6. The van der Waals surface area contributed by atoms with Gasteiger partial charge in [-0.3, -0.25) is 24.0 Å². The lowest BCUT2D eigenvalue weighted by atomic mass is 9.80. The molecule has 7 rings (SSSR count). The van der Waals surface area contributed by atoms with Crippen molar-refractivity contribution < 1.29 is 59.9 Å². The highest BCUT2D eigenvalue weighted by atomic mass is 32.2. The van der Waals surface area contributed by atoms with E-state index in [2.05, 4.69) is 49.9 Å². The molecule has 86 heavy (non-hydrogen) atoms. The molecule has 3 saturated carbocycles. The van der Waals surface area contributed by atoms with Crippen LogP contribution in [0.5, 0.6) is 0 Å². The SMILES string of the molecule is CC(C)[C@@H](CNS(=O)(=O)c1ccccc1)NC(=O)N[C@H](C(=O)N1C[C@H]2[C@@H]([C@H]1C(=O)NC(CC1CCC1)C(=O)C(N)=O)C2(C)C)C(C)(C)C.COC(=O)[C@@H]1[C@@H]2[C@H](CN1C(=O)[C@@H](NC(=O)N[C@H](CNS(=O)(=O)c1ccccc1)C(C)C)C(C)(C)C)C2(C)C. The van der Waals surface area contributed by atoms with E-state index in [0.29, 0.717) is 19.5 Å². The van der Waals surface area contributed by atoms with Crippen LogP contribution in [0, 0.1) is 63.1 Å². The van der Waals surface area contributed by atoms with E-state index in [1.807, 2.05) is 62.3 Å². The zero-order valence-corrected chi connectivity index (χ0v) is 54.2. The van der Waals surface area contributed by atoms with Crippen molar-refractivity contribution in [3.05, 3.63) is 60.7 Å². The van der Waals surface area contributed by atoms with Crippen LogP contribution in [0.4, 0.5) is 9.59 Å². The Balaban J connectivity index is 0.000000283. The molecular formula is C61H94N10O13S2. The smallest absolute Gasteiger partial charge is 0.328 e. The third-order valence-electron chi connectivity index (χ3n) is 18.5. The number of likely N-dealkylation sites (tertiary alicyclic amines) is 2. The number of benzene rings is 2. The van der Waals surface area contributed by atoms with E-state index in [1.165, 1.54) is 36.3 Å². The molecule has 0 bridgehead atoms. The summed E-state index contributed by atoms with van der Waals surface area (Å²) in [6, 6.07) is 8.95. The first-order valence-electron chi connectivity index (χ1n) is 29.8. The van der Waals surface area contributed by atoms with Crippen molar-refractivity contribution in [1.29, 1.82) is 0 Å². The second-order valence-electron chi connectivity index (χ2n) is 28.0. The summed E-state index contributed by atoms with van der Waals surface area (Å²) in [6.45, 7) is 27.3. The maximum atomic E-state index is 14.3. The molecule has 5 fully saturated rings. The Kier molecular flexibility index (Phi) is 21.4. The number of carbonyl (C=O) groups is 8. The number of hydrogen-bond acceptors (Lipinski definition) is 13. The predicted molar refractivity (Wildman–Crippen MR) is 323 cm³/mol. The number of hydrogen-bond donors (Lipinski definition) is 8. The van der Waals surface area contributed by atoms with Crippen LogP contribution in [0.1, 0.15) is 123 Å². The standard InChI is InChI=1S/C34H52N6O7S.C27H42N4O6S/c1-19(2)24(17-36-48(46,47)21-14-9-8-10-15-21)38-32(45)39-28(33(3,4)5)31(44)40-18-22-25(34(22,6)7)26(40)30(43)37-23(27(41)29(35)42)16-20-12-11-13-20;1-16(2)19(14-28-38(35,36)17-12-10-9-11-13-17)29-25(34)30-22(26(3,4)5)23(32)31-15-18-20(27(18,6)7)21(31)24(33)37-8/h8-10,14-15,19-20,22-26,28,36H,11-13,16-18H2,1-7H3,(H2,35,42)(H,37,43)(H2,38,39,45);9-13,16,18-22,28H,14-15H2,1-8H3,(H2,29,30,34)/t22-,23?,24+,25-,26-,28+;18-,19+,20-,21-,22+/m00/s1. The Morgan fingerprint density at radius 3 is 1.33 bits per heavy atom. The first kappa shape index (κ1) is 68.9. The van der Waals surface area contributed by atoms with Gasteiger partial charge in [0.1, 0.15) is 24.2 Å². The van der Waals surface area contributed by atoms with Crippen molar-refractivity contribution >= 4 is 67.5 Å². The van der Waals surface area contributed by atoms with Gasteiger partial charge in [0, 0.05) is 44.2 Å². The van der Waals surface area contributed by atoms with Crippen molar-refractivity contribution in [3.8, 4) is 0 Å². The van der Waals surface area contributed by atoms with Gasteiger partial charge in [-0.15, -0.1) is 0 Å². The number of nitrogens with one attached hydrogen (secondary N) is 7. The van der Waals surface area contributed by atoms with Crippen molar-refractivity contribution in [2.45, 2.75) is 175 Å². The maximum Gasteiger partial charge on any atom is 0.328 e. The van der Waals surface area contributed by atoms with E-state index in [4.69, 9.17) is 10.5 Å². The van der Waals surface area contributed by atoms with Gasteiger partial charge in [0.15, 0.2) is 0 Å². The van der Waals surface area contributed by atoms with E-state index < -0.39 is 115 Å². The monoisotopic (exact) mass is 1240 g/mol. The average Bonchev–Trinajstić information content (AvgIpc) is 1.54. The number of primary amides is 1. The summed E-state index contributed by atoms with van der Waals surface area (Å²) in [5.41, 5.74) is 3.64. The fraction of sp³-hybridized carbons (Fsp3) is 0.672. The first-order chi connectivity index (χ1) is 39.8. The summed E-state index contributed by atoms with van der Waals surface area (Å²) in [5, 5.41) is 14.0. The molecule has 478 valence electrons. The summed E-state index contributed by atoms with van der Waals surface area (Å²) in [5.74, 6) is -3.63. The molecule has 0 aromatic heterocycles. The summed E-state index contributed by atoms with van der Waals surface area (Å²) < 4.78 is 61.0. The van der Waals surface area contributed by atoms with E-state index in [-0.39, 0.29) is 81.0 Å². The van der Waals surface area contributed by atoms with Crippen molar-refractivity contribution in [3.63, 3.8) is 0 Å². The van der Waals surface area contributed by atoms with Crippen molar-refractivity contribution in [1.82, 2.24) is 45.8 Å².